The van der Waals surface area contributed by atoms with E-state index >= 15 is 0 Å². The molecule has 0 heterocycles. The van der Waals surface area contributed by atoms with Crippen molar-refractivity contribution in [3.63, 3.8) is 0 Å². The first-order chi connectivity index (χ1) is 4.41. The van der Waals surface area contributed by atoms with Crippen molar-refractivity contribution in [2.75, 3.05) is 19.0 Å². The van der Waals surface area contributed by atoms with Gasteiger partial charge in [-0.15, -0.1) is 11.6 Å². The maximum atomic E-state index is 8.11. The Bertz CT molecular complexity index is 87.5. The highest BCUT2D eigenvalue weighted by molar-refractivity contribution is 6.17. The first-order valence-corrected chi connectivity index (χ1v) is 3.59. The molecule has 0 bridgehead atoms. The molecule has 0 spiro atoms. The van der Waals surface area contributed by atoms with Crippen molar-refractivity contribution in [3.05, 3.63) is 0 Å². The van der Waals surface area contributed by atoms with Crippen molar-refractivity contribution in [1.29, 1.82) is 5.26 Å². The van der Waals surface area contributed by atoms with Crippen LogP contribution in [0.15, 0.2) is 0 Å². The van der Waals surface area contributed by atoms with E-state index in [1.54, 1.807) is 0 Å². The van der Waals surface area contributed by atoms with Gasteiger partial charge in [0.05, 0.1) is 6.07 Å². The van der Waals surface area contributed by atoms with E-state index in [1.807, 2.05) is 6.07 Å². The zero-order valence-corrected chi connectivity index (χ0v) is 6.12. The quantitative estimate of drug-likeness (QED) is 0.466. The Morgan fingerprint density at radius 1 is 1.44 bits per heavy atom. The lowest BCUT2D eigenvalue weighted by molar-refractivity contribution is 0.683. The highest BCUT2D eigenvalue weighted by Crippen LogP contribution is 1.80. The first-order valence-electron chi connectivity index (χ1n) is 3.05. The highest BCUT2D eigenvalue weighted by Gasteiger charge is 1.83. The van der Waals surface area contributed by atoms with Gasteiger partial charge < -0.3 is 5.32 Å². The van der Waals surface area contributed by atoms with Gasteiger partial charge in [-0.2, -0.15) is 5.26 Å². The van der Waals surface area contributed by atoms with Crippen LogP contribution < -0.4 is 5.32 Å². The maximum Gasteiger partial charge on any atom is 0.0635 e. The van der Waals surface area contributed by atoms with Gasteiger partial charge in [0.2, 0.25) is 0 Å². The lowest BCUT2D eigenvalue weighted by Gasteiger charge is -1.96. The maximum absolute atomic E-state index is 8.11. The zero-order chi connectivity index (χ0) is 6.95. The molecule has 0 fully saturated rings. The minimum atomic E-state index is 0.586. The molecule has 2 nitrogen and oxygen atoms in total. The predicted molar refractivity (Wildman–Crippen MR) is 38.4 cm³/mol. The van der Waals surface area contributed by atoms with Gasteiger partial charge in [-0.1, -0.05) is 0 Å². The van der Waals surface area contributed by atoms with Crippen molar-refractivity contribution in [2.24, 2.45) is 0 Å². The van der Waals surface area contributed by atoms with Gasteiger partial charge in [-0.25, -0.2) is 0 Å². The molecule has 0 rings (SSSR count). The lowest BCUT2D eigenvalue weighted by atomic mass is 10.4. The van der Waals surface area contributed by atoms with Gasteiger partial charge in [0.25, 0.3) is 0 Å². The summed E-state index contributed by atoms with van der Waals surface area (Å²) in [5.74, 6) is 0.694. The van der Waals surface area contributed by atoms with E-state index in [0.717, 1.165) is 19.5 Å². The molecule has 0 saturated carbocycles. The summed E-state index contributed by atoms with van der Waals surface area (Å²) in [6.07, 6.45) is 1.56. The molecular weight excluding hydrogens is 136 g/mol. The Morgan fingerprint density at radius 2 is 2.22 bits per heavy atom. The third-order valence-corrected chi connectivity index (χ3v) is 1.17. The van der Waals surface area contributed by atoms with Crippen LogP contribution in [0.5, 0.6) is 0 Å². The van der Waals surface area contributed by atoms with Crippen molar-refractivity contribution in [2.45, 2.75) is 12.8 Å². The van der Waals surface area contributed by atoms with Gasteiger partial charge in [0.15, 0.2) is 0 Å². The van der Waals surface area contributed by atoms with Gasteiger partial charge in [0, 0.05) is 18.8 Å². The molecule has 0 radical (unpaired) electrons. The fraction of sp³-hybridized carbons (Fsp3) is 0.833. The minimum absolute atomic E-state index is 0.586. The topological polar surface area (TPSA) is 35.8 Å². The van der Waals surface area contributed by atoms with E-state index in [0.29, 0.717) is 12.3 Å². The van der Waals surface area contributed by atoms with Crippen LogP contribution in [0.2, 0.25) is 0 Å². The van der Waals surface area contributed by atoms with Crippen LogP contribution in [0.25, 0.3) is 0 Å². The monoisotopic (exact) mass is 146 g/mol. The summed E-state index contributed by atoms with van der Waals surface area (Å²) in [6, 6.07) is 2.05. The van der Waals surface area contributed by atoms with Gasteiger partial charge >= 0.3 is 0 Å². The normalized spacial score (nSPS) is 8.89. The number of rotatable bonds is 5. The Hall–Kier alpha value is -0.260. The summed E-state index contributed by atoms with van der Waals surface area (Å²) in [5.41, 5.74) is 0. The van der Waals surface area contributed by atoms with E-state index in [9.17, 15) is 0 Å². The second-order valence-corrected chi connectivity index (χ2v) is 2.08. The van der Waals surface area contributed by atoms with Gasteiger partial charge in [0.1, 0.15) is 0 Å². The summed E-state index contributed by atoms with van der Waals surface area (Å²) >= 11 is 5.41. The summed E-state index contributed by atoms with van der Waals surface area (Å²) in [7, 11) is 0. The largest absolute Gasteiger partial charge is 0.316 e. The number of hydrogen-bond acceptors (Lipinski definition) is 2. The Labute approximate surface area is 60.8 Å². The predicted octanol–water partition coefficient (Wildman–Crippen LogP) is 1.12. The molecule has 0 aliphatic carbocycles. The Balaban J connectivity index is 2.69. The fourth-order valence-corrected chi connectivity index (χ4v) is 0.595. The number of nitrogens with one attached hydrogen (secondary N) is 1. The van der Waals surface area contributed by atoms with Crippen molar-refractivity contribution in [3.8, 4) is 6.07 Å². The Kier molecular flexibility index (Phi) is 7.52. The summed E-state index contributed by atoms with van der Waals surface area (Å²) in [4.78, 5) is 0. The molecule has 9 heavy (non-hydrogen) atoms. The van der Waals surface area contributed by atoms with E-state index in [2.05, 4.69) is 5.32 Å². The van der Waals surface area contributed by atoms with Crippen LogP contribution >= 0.6 is 11.6 Å². The molecule has 0 unspecified atom stereocenters. The van der Waals surface area contributed by atoms with E-state index in [4.69, 9.17) is 16.9 Å². The standard InChI is InChI=1S/C6H11ClN2/c7-3-1-5-9-6-2-4-8/h9H,1-3,5-6H2. The molecule has 1 N–H and O–H groups in total. The second kappa shape index (κ2) is 7.74. The van der Waals surface area contributed by atoms with Crippen molar-refractivity contribution < 1.29 is 0 Å². The minimum Gasteiger partial charge on any atom is -0.316 e. The average Bonchev–Trinajstić information content (AvgIpc) is 1.89. The summed E-state index contributed by atoms with van der Waals surface area (Å²) < 4.78 is 0. The van der Waals surface area contributed by atoms with E-state index < -0.39 is 0 Å². The van der Waals surface area contributed by atoms with Crippen LogP contribution in [0.1, 0.15) is 12.8 Å². The number of nitriles is 1. The number of alkyl halides is 1. The molecule has 0 aromatic heterocycles. The summed E-state index contributed by atoms with van der Waals surface area (Å²) in [5, 5.41) is 11.2. The van der Waals surface area contributed by atoms with Crippen LogP contribution in [-0.4, -0.2) is 19.0 Å². The van der Waals surface area contributed by atoms with E-state index in [-0.39, 0.29) is 0 Å². The molecule has 0 atom stereocenters. The fourth-order valence-electron chi connectivity index (χ4n) is 0.461. The van der Waals surface area contributed by atoms with Crippen molar-refractivity contribution in [1.82, 2.24) is 5.32 Å². The van der Waals surface area contributed by atoms with Gasteiger partial charge in [-0.05, 0) is 13.0 Å². The third-order valence-electron chi connectivity index (χ3n) is 0.901. The Morgan fingerprint density at radius 3 is 2.78 bits per heavy atom. The number of hydrogen-bond donors (Lipinski definition) is 1. The van der Waals surface area contributed by atoms with E-state index in [1.165, 1.54) is 0 Å². The number of halogens is 1. The zero-order valence-electron chi connectivity index (χ0n) is 5.36. The first kappa shape index (κ1) is 8.74. The second-order valence-electron chi connectivity index (χ2n) is 1.70. The van der Waals surface area contributed by atoms with Crippen LogP contribution in [-0.2, 0) is 0 Å². The summed E-state index contributed by atoms with van der Waals surface area (Å²) in [6.45, 7) is 1.71. The molecule has 0 aliphatic heterocycles. The van der Waals surface area contributed by atoms with Crippen LogP contribution in [0.3, 0.4) is 0 Å². The van der Waals surface area contributed by atoms with Crippen LogP contribution in [0, 0.1) is 11.3 Å². The molecule has 52 valence electrons. The van der Waals surface area contributed by atoms with Crippen molar-refractivity contribution >= 4 is 11.6 Å². The molecule has 0 saturated heterocycles. The SMILES string of the molecule is N#CCCNCCCCl. The molecule has 3 heteroatoms. The molecule has 0 aromatic rings. The van der Waals surface area contributed by atoms with Gasteiger partial charge in [-0.3, -0.25) is 0 Å². The average molecular weight is 147 g/mol. The van der Waals surface area contributed by atoms with Crippen LogP contribution in [0.4, 0.5) is 0 Å². The highest BCUT2D eigenvalue weighted by atomic mass is 35.5. The number of nitrogens with zero attached hydrogens (tertiary/aromatic N) is 1. The lowest BCUT2D eigenvalue weighted by Crippen LogP contribution is -2.16. The molecular formula is C6H11ClN2. The third kappa shape index (κ3) is 7.74. The smallest absolute Gasteiger partial charge is 0.0635 e. The molecule has 0 aromatic carbocycles. The molecule has 0 aliphatic rings. The molecule has 0 amide bonds.